The van der Waals surface area contributed by atoms with E-state index in [9.17, 15) is 28.4 Å². The number of anilines is 4. The number of pyridine rings is 1. The van der Waals surface area contributed by atoms with E-state index in [1.165, 1.54) is 36.1 Å². The molecule has 4 N–H and O–H groups in total. The molecule has 0 unspecified atom stereocenters. The van der Waals surface area contributed by atoms with Crippen LogP contribution in [0.25, 0.3) is 11.0 Å². The van der Waals surface area contributed by atoms with Gasteiger partial charge in [-0.15, -0.1) is 0 Å². The zero-order valence-electron chi connectivity index (χ0n) is 40.8. The highest BCUT2D eigenvalue weighted by Crippen LogP contribution is 2.54. The number of aryl methyl sites for hydroxylation is 1. The van der Waals surface area contributed by atoms with Crippen LogP contribution in [0.3, 0.4) is 0 Å². The second kappa shape index (κ2) is 18.7. The Morgan fingerprint density at radius 1 is 0.972 bits per heavy atom. The van der Waals surface area contributed by atoms with E-state index < -0.39 is 43.1 Å². The number of aromatic amines is 1. The monoisotopic (exact) mass is 987 g/mol. The quantitative estimate of drug-likeness (QED) is 0.0743. The molecule has 2 aliphatic carbocycles. The number of H-pyrrole nitrogens is 1. The lowest BCUT2D eigenvalue weighted by Gasteiger charge is -2.58. The van der Waals surface area contributed by atoms with Crippen LogP contribution < -0.4 is 24.6 Å². The van der Waals surface area contributed by atoms with Crippen molar-refractivity contribution in [2.75, 3.05) is 74.6 Å². The second-order valence-electron chi connectivity index (χ2n) is 21.5. The SMILES string of the molecule is Cc1ccccc1[C@@H]1CN(C)CCN1C1CC2(CCN(c3ccc(C(=O)NS(=O)(=O)c4ccc(NCC5CCC(C)(O)CC5)c([N+](=O)[O-])c4)c(N4c5cc6cc[nH]c6nc5O[C@H]5COCC[C@@H]54)c3)CC2)C1. The summed E-state index contributed by atoms with van der Waals surface area (Å²) in [7, 11) is -2.39. The van der Waals surface area contributed by atoms with Crippen molar-refractivity contribution < 1.29 is 32.7 Å². The van der Waals surface area contributed by atoms with Gasteiger partial charge in [-0.1, -0.05) is 24.3 Å². The molecule has 2 saturated carbocycles. The number of carbonyl (C=O) groups is 1. The third kappa shape index (κ3) is 9.33. The van der Waals surface area contributed by atoms with Gasteiger partial charge in [0.1, 0.15) is 23.1 Å². The average molecular weight is 988 g/mol. The van der Waals surface area contributed by atoms with Crippen molar-refractivity contribution in [1.29, 1.82) is 0 Å². The molecule has 0 bridgehead atoms. The lowest BCUT2D eigenvalue weighted by molar-refractivity contribution is -0.384. The Morgan fingerprint density at radius 2 is 1.76 bits per heavy atom. The number of nitro groups is 1. The summed E-state index contributed by atoms with van der Waals surface area (Å²) in [4.78, 5) is 43.8. The third-order valence-corrected chi connectivity index (χ3v) is 18.1. The summed E-state index contributed by atoms with van der Waals surface area (Å²) in [6, 6.07) is 22.6. The van der Waals surface area contributed by atoms with Gasteiger partial charge in [0.05, 0.1) is 39.3 Å². The molecule has 1 amide bonds. The van der Waals surface area contributed by atoms with Gasteiger partial charge in [-0.25, -0.2) is 13.1 Å². The van der Waals surface area contributed by atoms with E-state index in [2.05, 4.69) is 72.9 Å². The van der Waals surface area contributed by atoms with Crippen LogP contribution in [0.4, 0.5) is 28.4 Å². The first kappa shape index (κ1) is 47.5. The summed E-state index contributed by atoms with van der Waals surface area (Å²) >= 11 is 0. The van der Waals surface area contributed by atoms with Crippen molar-refractivity contribution in [1.82, 2.24) is 24.5 Å². The van der Waals surface area contributed by atoms with Gasteiger partial charge in [-0.05, 0) is 144 Å². The summed E-state index contributed by atoms with van der Waals surface area (Å²) in [6.45, 7) is 10.1. The van der Waals surface area contributed by atoms with Crippen molar-refractivity contribution >= 4 is 55.4 Å². The van der Waals surface area contributed by atoms with Gasteiger partial charge < -0.3 is 39.6 Å². The van der Waals surface area contributed by atoms with Gasteiger partial charge in [0.15, 0.2) is 0 Å². The molecule has 2 aromatic heterocycles. The number of aliphatic hydroxyl groups is 1. The highest BCUT2D eigenvalue weighted by Gasteiger charge is 2.50. The first-order chi connectivity index (χ1) is 34.1. The summed E-state index contributed by atoms with van der Waals surface area (Å²) in [5.74, 6) is -0.301. The molecular weight excluding hydrogens is 923 g/mol. The lowest BCUT2D eigenvalue weighted by Crippen LogP contribution is -2.59. The van der Waals surface area contributed by atoms with Crippen molar-refractivity contribution in [3.05, 3.63) is 106 Å². The maximum absolute atomic E-state index is 14.7. The van der Waals surface area contributed by atoms with E-state index in [0.717, 1.165) is 75.5 Å². The molecule has 18 heteroatoms. The molecule has 376 valence electrons. The zero-order valence-corrected chi connectivity index (χ0v) is 41.6. The van der Waals surface area contributed by atoms with Crippen LogP contribution in [-0.2, 0) is 14.8 Å². The number of nitro benzene ring substituents is 1. The number of fused-ring (bicyclic) bond motifs is 3. The van der Waals surface area contributed by atoms with E-state index in [4.69, 9.17) is 14.5 Å². The summed E-state index contributed by atoms with van der Waals surface area (Å²) in [5.41, 5.74) is 4.94. The van der Waals surface area contributed by atoms with E-state index in [1.54, 1.807) is 6.07 Å². The number of hydrogen-bond donors (Lipinski definition) is 4. The second-order valence-corrected chi connectivity index (χ2v) is 23.2. The highest BCUT2D eigenvalue weighted by atomic mass is 32.2. The molecule has 11 rings (SSSR count). The lowest BCUT2D eigenvalue weighted by atomic mass is 9.59. The van der Waals surface area contributed by atoms with Gasteiger partial charge in [0.2, 0.25) is 5.88 Å². The number of piperidine rings is 1. The molecule has 3 atom stereocenters. The number of nitrogens with zero attached hydrogens (tertiary/aromatic N) is 6. The largest absolute Gasteiger partial charge is 0.468 e. The number of likely N-dealkylation sites (N-methyl/N-ethyl adjacent to an activating group) is 1. The first-order valence-corrected chi connectivity index (χ1v) is 26.8. The maximum atomic E-state index is 14.7. The Labute approximate surface area is 415 Å². The summed E-state index contributed by atoms with van der Waals surface area (Å²) in [6.07, 6.45) is 9.21. The minimum absolute atomic E-state index is 0.120. The number of sulfonamides is 1. The number of aromatic nitrogens is 2. The minimum atomic E-state index is -4.61. The van der Waals surface area contributed by atoms with Gasteiger partial charge in [0.25, 0.3) is 21.6 Å². The Bertz CT molecular complexity index is 2940. The number of piperazine rings is 1. The molecule has 5 aromatic rings. The third-order valence-electron chi connectivity index (χ3n) is 16.7. The molecule has 3 saturated heterocycles. The molecular formula is C53H65N9O8S. The van der Waals surface area contributed by atoms with Crippen LogP contribution in [0, 0.1) is 28.4 Å². The van der Waals surface area contributed by atoms with Crippen LogP contribution in [0.15, 0.2) is 83.9 Å². The Hall–Kier alpha value is -5.79. The molecule has 5 fully saturated rings. The number of carbonyl (C=O) groups excluding carboxylic acids is 1. The number of hydrogen-bond acceptors (Lipinski definition) is 14. The molecule has 0 radical (unpaired) electrons. The molecule has 71 heavy (non-hydrogen) atoms. The number of amides is 1. The number of rotatable bonds is 11. The predicted octanol–water partition coefficient (Wildman–Crippen LogP) is 7.68. The van der Waals surface area contributed by atoms with E-state index in [-0.39, 0.29) is 28.6 Å². The average Bonchev–Trinajstić information content (AvgIpc) is 3.81. The predicted molar refractivity (Wildman–Crippen MR) is 272 cm³/mol. The van der Waals surface area contributed by atoms with Crippen LogP contribution >= 0.6 is 0 Å². The summed E-state index contributed by atoms with van der Waals surface area (Å²) < 4.78 is 43.1. The minimum Gasteiger partial charge on any atom is -0.468 e. The summed E-state index contributed by atoms with van der Waals surface area (Å²) in [5, 5.41) is 26.8. The molecule has 17 nitrogen and oxygen atoms in total. The van der Waals surface area contributed by atoms with Gasteiger partial charge in [-0.3, -0.25) is 19.8 Å². The number of ether oxygens (including phenoxy) is 2. The topological polar surface area (TPSA) is 199 Å². The molecule has 1 spiro atoms. The first-order valence-electron chi connectivity index (χ1n) is 25.4. The van der Waals surface area contributed by atoms with E-state index >= 15 is 0 Å². The Balaban J connectivity index is 0.867. The highest BCUT2D eigenvalue weighted by molar-refractivity contribution is 7.90. The van der Waals surface area contributed by atoms with Crippen molar-refractivity contribution in [2.45, 2.75) is 106 Å². The fourth-order valence-electron chi connectivity index (χ4n) is 12.5. The molecule has 6 heterocycles. The zero-order chi connectivity index (χ0) is 49.2. The maximum Gasteiger partial charge on any atom is 0.293 e. The molecule has 6 aliphatic rings. The fraction of sp³-hybridized carbons (Fsp3) is 0.509. The smallest absolute Gasteiger partial charge is 0.293 e. The van der Waals surface area contributed by atoms with Crippen LogP contribution in [0.1, 0.15) is 92.2 Å². The van der Waals surface area contributed by atoms with Crippen molar-refractivity contribution in [3.63, 3.8) is 0 Å². The van der Waals surface area contributed by atoms with Crippen molar-refractivity contribution in [3.8, 4) is 5.88 Å². The number of nitrogens with one attached hydrogen (secondary N) is 3. The normalized spacial score (nSPS) is 26.0. The van der Waals surface area contributed by atoms with Crippen LogP contribution in [-0.4, -0.2) is 127 Å². The van der Waals surface area contributed by atoms with E-state index in [1.807, 2.05) is 37.4 Å². The van der Waals surface area contributed by atoms with E-state index in [0.29, 0.717) is 74.0 Å². The van der Waals surface area contributed by atoms with Gasteiger partial charge in [0, 0.05) is 81.3 Å². The van der Waals surface area contributed by atoms with Crippen molar-refractivity contribution in [2.24, 2.45) is 11.3 Å². The fourth-order valence-corrected chi connectivity index (χ4v) is 13.4. The van der Waals surface area contributed by atoms with Crippen LogP contribution in [0.2, 0.25) is 0 Å². The van der Waals surface area contributed by atoms with Gasteiger partial charge >= 0.3 is 0 Å². The van der Waals surface area contributed by atoms with Gasteiger partial charge in [-0.2, -0.15) is 4.98 Å². The molecule has 3 aromatic carbocycles. The van der Waals surface area contributed by atoms with Crippen LogP contribution in [0.5, 0.6) is 5.88 Å². The number of benzene rings is 3. The molecule has 4 aliphatic heterocycles. The Kier molecular flexibility index (Phi) is 12.5. The standard InChI is InChI=1S/C53H65N9O8S/c1-34-6-4-5-7-40(34)47-32-58(3)23-24-60(47)38-29-53(30-38)18-21-59(22-19-53)37-8-10-41(44(27-37)61-43-15-25-69-33-48(43)70-51-46(61)26-36-14-20-54-49(36)56-51)50(63)57-71(67,68)39-9-11-42(45(28-39)62(65)66)55-31-35-12-16-52(2,64)17-13-35/h4-11,14,20,26-28,35,38,43,47-48,55,64H,12-13,15-19,21-25,29-33H2,1-3H3,(H,54,56)(H,57,63)/t35?,43-,47-,48-,52?/m0/s1. The Morgan fingerprint density at radius 3 is 2.54 bits per heavy atom.